The Labute approximate surface area is 122 Å². The number of rotatable bonds is 4. The summed E-state index contributed by atoms with van der Waals surface area (Å²) < 4.78 is 11.3. The maximum Gasteiger partial charge on any atom is 0.203 e. The molecule has 0 atom stereocenters. The quantitative estimate of drug-likeness (QED) is 0.891. The fraction of sp³-hybridized carbons (Fsp3) is 0.571. The van der Waals surface area contributed by atoms with E-state index in [1.807, 2.05) is 6.07 Å². The predicted octanol–water partition coefficient (Wildman–Crippen LogP) is 2.71. The summed E-state index contributed by atoms with van der Waals surface area (Å²) in [6.45, 7) is 2.10. The van der Waals surface area contributed by atoms with Gasteiger partial charge >= 0.3 is 0 Å². The summed E-state index contributed by atoms with van der Waals surface area (Å²) in [4.78, 5) is 0. The van der Waals surface area contributed by atoms with Crippen LogP contribution in [0.2, 0.25) is 0 Å². The van der Waals surface area contributed by atoms with Crippen LogP contribution in [0.1, 0.15) is 18.4 Å². The van der Waals surface area contributed by atoms with Crippen LogP contribution < -0.4 is 14.8 Å². The van der Waals surface area contributed by atoms with Gasteiger partial charge in [-0.15, -0.1) is 0 Å². The van der Waals surface area contributed by atoms with Crippen LogP contribution in [0.4, 0.5) is 0 Å². The van der Waals surface area contributed by atoms with E-state index in [-0.39, 0.29) is 5.75 Å². The van der Waals surface area contributed by atoms with Gasteiger partial charge in [-0.05, 0) is 44.3 Å². The lowest BCUT2D eigenvalue weighted by Crippen LogP contribution is -2.28. The third kappa shape index (κ3) is 3.15. The fourth-order valence-corrected chi connectivity index (χ4v) is 3.11. The maximum absolute atomic E-state index is 10.4. The van der Waals surface area contributed by atoms with Crippen molar-refractivity contribution in [3.05, 3.63) is 16.1 Å². The number of phenolic OH excluding ortho intramolecular Hbond substituents is 1. The van der Waals surface area contributed by atoms with E-state index in [1.54, 1.807) is 14.2 Å². The van der Waals surface area contributed by atoms with Gasteiger partial charge in [-0.2, -0.15) is 0 Å². The van der Waals surface area contributed by atoms with Crippen molar-refractivity contribution in [2.75, 3.05) is 27.3 Å². The smallest absolute Gasteiger partial charge is 0.203 e. The number of hydrogen-bond donors (Lipinski definition) is 2. The Morgan fingerprint density at radius 3 is 2.58 bits per heavy atom. The Morgan fingerprint density at radius 1 is 1.32 bits per heavy atom. The molecule has 0 unspecified atom stereocenters. The highest BCUT2D eigenvalue weighted by Crippen LogP contribution is 2.44. The molecule has 1 aromatic carbocycles. The van der Waals surface area contributed by atoms with Crippen LogP contribution in [0.15, 0.2) is 10.5 Å². The van der Waals surface area contributed by atoms with Crippen LogP contribution in [0.25, 0.3) is 0 Å². The van der Waals surface area contributed by atoms with Gasteiger partial charge in [-0.25, -0.2) is 0 Å². The topological polar surface area (TPSA) is 50.7 Å². The summed E-state index contributed by atoms with van der Waals surface area (Å²) in [6.07, 6.45) is 3.13. The summed E-state index contributed by atoms with van der Waals surface area (Å²) in [6, 6.07) is 1.86. The van der Waals surface area contributed by atoms with E-state index in [1.165, 1.54) is 0 Å². The molecular weight excluding hydrogens is 310 g/mol. The Balaban J connectivity index is 2.28. The number of ether oxygens (including phenoxy) is 2. The second-order valence-electron chi connectivity index (χ2n) is 4.82. The first-order chi connectivity index (χ1) is 9.17. The Bertz CT molecular complexity index is 445. The van der Waals surface area contributed by atoms with E-state index in [4.69, 9.17) is 9.47 Å². The molecule has 2 N–H and O–H groups in total. The van der Waals surface area contributed by atoms with Crippen molar-refractivity contribution >= 4 is 15.9 Å². The molecule has 19 heavy (non-hydrogen) atoms. The van der Waals surface area contributed by atoms with Crippen LogP contribution in [0.5, 0.6) is 17.2 Å². The first kappa shape index (κ1) is 14.5. The summed E-state index contributed by atoms with van der Waals surface area (Å²) >= 11 is 3.52. The largest absolute Gasteiger partial charge is 0.504 e. The second-order valence-corrected chi connectivity index (χ2v) is 5.67. The number of hydrogen-bond acceptors (Lipinski definition) is 4. The third-order valence-electron chi connectivity index (χ3n) is 3.65. The lowest BCUT2D eigenvalue weighted by Gasteiger charge is -2.24. The Hall–Kier alpha value is -0.940. The van der Waals surface area contributed by atoms with Gasteiger partial charge in [0.05, 0.1) is 14.2 Å². The molecular formula is C14H20BrNO3. The summed E-state index contributed by atoms with van der Waals surface area (Å²) in [7, 11) is 3.11. The fourth-order valence-electron chi connectivity index (χ4n) is 2.55. The van der Waals surface area contributed by atoms with Crippen molar-refractivity contribution in [2.45, 2.75) is 19.3 Å². The SMILES string of the molecule is COc1cc(Br)c(CC2CCNCC2)c(O)c1OC. The zero-order valence-corrected chi connectivity index (χ0v) is 12.9. The second kappa shape index (κ2) is 6.48. The molecule has 2 rings (SSSR count). The van der Waals surface area contributed by atoms with Gasteiger partial charge < -0.3 is 19.9 Å². The molecule has 0 spiro atoms. The number of phenols is 1. The molecule has 4 nitrogen and oxygen atoms in total. The van der Waals surface area contributed by atoms with Gasteiger partial charge in [0.15, 0.2) is 11.5 Å². The minimum absolute atomic E-state index is 0.187. The standard InChI is InChI=1S/C14H20BrNO3/c1-18-12-8-11(15)10(13(17)14(12)19-2)7-9-3-5-16-6-4-9/h8-9,16-17H,3-7H2,1-2H3. The first-order valence-corrected chi connectivity index (χ1v) is 7.29. The van der Waals surface area contributed by atoms with Gasteiger partial charge in [-0.3, -0.25) is 0 Å². The average molecular weight is 330 g/mol. The van der Waals surface area contributed by atoms with Crippen molar-refractivity contribution in [2.24, 2.45) is 5.92 Å². The Morgan fingerprint density at radius 2 is 2.00 bits per heavy atom. The van der Waals surface area contributed by atoms with Crippen LogP contribution >= 0.6 is 15.9 Å². The molecule has 0 saturated carbocycles. The molecule has 0 radical (unpaired) electrons. The summed E-state index contributed by atoms with van der Waals surface area (Å²) in [5.41, 5.74) is 0.907. The number of aromatic hydroxyl groups is 1. The van der Waals surface area contributed by atoms with E-state index in [0.717, 1.165) is 42.4 Å². The molecule has 1 aromatic rings. The van der Waals surface area contributed by atoms with Crippen molar-refractivity contribution < 1.29 is 14.6 Å². The summed E-state index contributed by atoms with van der Waals surface area (Å²) in [5, 5.41) is 13.7. The minimum Gasteiger partial charge on any atom is -0.504 e. The van der Waals surface area contributed by atoms with Gasteiger partial charge in [-0.1, -0.05) is 15.9 Å². The van der Waals surface area contributed by atoms with E-state index in [9.17, 15) is 5.11 Å². The molecule has 1 aliphatic heterocycles. The van der Waals surface area contributed by atoms with Crippen molar-refractivity contribution in [3.63, 3.8) is 0 Å². The Kier molecular flexibility index (Phi) is 4.93. The van der Waals surface area contributed by atoms with E-state index in [2.05, 4.69) is 21.2 Å². The minimum atomic E-state index is 0.187. The molecule has 1 heterocycles. The third-order valence-corrected chi connectivity index (χ3v) is 4.35. The number of piperidine rings is 1. The van der Waals surface area contributed by atoms with Crippen LogP contribution in [-0.4, -0.2) is 32.4 Å². The number of benzene rings is 1. The molecule has 1 fully saturated rings. The molecule has 0 aliphatic carbocycles. The number of nitrogens with one attached hydrogen (secondary N) is 1. The van der Waals surface area contributed by atoms with Gasteiger partial charge in [0, 0.05) is 10.0 Å². The zero-order chi connectivity index (χ0) is 13.8. The van der Waals surface area contributed by atoms with Crippen molar-refractivity contribution in [3.8, 4) is 17.2 Å². The molecule has 1 saturated heterocycles. The van der Waals surface area contributed by atoms with Crippen molar-refractivity contribution in [1.82, 2.24) is 5.32 Å². The molecule has 0 aromatic heterocycles. The van der Waals surface area contributed by atoms with E-state index >= 15 is 0 Å². The highest BCUT2D eigenvalue weighted by atomic mass is 79.9. The first-order valence-electron chi connectivity index (χ1n) is 6.50. The number of halogens is 1. The highest BCUT2D eigenvalue weighted by Gasteiger charge is 2.22. The van der Waals surface area contributed by atoms with Crippen LogP contribution in [0.3, 0.4) is 0 Å². The summed E-state index contributed by atoms with van der Waals surface area (Å²) in [5.74, 6) is 1.74. The van der Waals surface area contributed by atoms with E-state index < -0.39 is 0 Å². The maximum atomic E-state index is 10.4. The molecule has 5 heteroatoms. The predicted molar refractivity (Wildman–Crippen MR) is 78.2 cm³/mol. The lowest BCUT2D eigenvalue weighted by molar-refractivity contribution is 0.325. The zero-order valence-electron chi connectivity index (χ0n) is 11.3. The molecule has 0 amide bonds. The van der Waals surface area contributed by atoms with Gasteiger partial charge in [0.2, 0.25) is 5.75 Å². The van der Waals surface area contributed by atoms with E-state index in [0.29, 0.717) is 17.4 Å². The lowest BCUT2D eigenvalue weighted by atomic mass is 9.90. The monoisotopic (exact) mass is 329 g/mol. The van der Waals surface area contributed by atoms with Crippen LogP contribution in [-0.2, 0) is 6.42 Å². The number of methoxy groups -OCH3 is 2. The normalized spacial score (nSPS) is 16.4. The molecule has 106 valence electrons. The molecule has 1 aliphatic rings. The van der Waals surface area contributed by atoms with Gasteiger partial charge in [0.1, 0.15) is 0 Å². The van der Waals surface area contributed by atoms with Gasteiger partial charge in [0.25, 0.3) is 0 Å². The van der Waals surface area contributed by atoms with Crippen LogP contribution in [0, 0.1) is 5.92 Å². The average Bonchev–Trinajstić information content (AvgIpc) is 2.44. The van der Waals surface area contributed by atoms with Crippen molar-refractivity contribution in [1.29, 1.82) is 0 Å². The molecule has 0 bridgehead atoms. The highest BCUT2D eigenvalue weighted by molar-refractivity contribution is 9.10.